The number of fused-ring (bicyclic) bond motifs is 2. The van der Waals surface area contributed by atoms with E-state index >= 15 is 0 Å². The topological polar surface area (TPSA) is 39.4 Å². The fraction of sp³-hybridized carbons (Fsp3) is 0.0556. The second-order valence-electron chi connectivity index (χ2n) is 4.94. The molecule has 4 rings (SSSR count). The van der Waals surface area contributed by atoms with E-state index in [0.29, 0.717) is 16.7 Å². The molecule has 1 aliphatic rings. The zero-order chi connectivity index (χ0) is 14.2. The van der Waals surface area contributed by atoms with Crippen molar-refractivity contribution in [3.8, 4) is 5.75 Å². The zero-order valence-corrected chi connectivity index (χ0v) is 11.2. The number of hydrogen-bond acceptors (Lipinski definition) is 3. The third kappa shape index (κ3) is 2.03. The van der Waals surface area contributed by atoms with Crippen molar-refractivity contribution >= 4 is 17.0 Å². The maximum atomic E-state index is 12.1. The summed E-state index contributed by atoms with van der Waals surface area (Å²) in [6.07, 6.45) is 3.51. The van der Waals surface area contributed by atoms with Crippen molar-refractivity contribution in [3.05, 3.63) is 82.2 Å². The van der Waals surface area contributed by atoms with Crippen LogP contribution in [0.4, 0.5) is 0 Å². The molecular formula is C18H12O3. The molecule has 3 nitrogen and oxygen atoms in total. The molecule has 1 aliphatic heterocycles. The van der Waals surface area contributed by atoms with Gasteiger partial charge in [0, 0.05) is 11.6 Å². The fourth-order valence-electron chi connectivity index (χ4n) is 2.51. The Bertz CT molecular complexity index is 905. The molecule has 0 saturated carbocycles. The van der Waals surface area contributed by atoms with Gasteiger partial charge in [-0.3, -0.25) is 4.79 Å². The van der Waals surface area contributed by atoms with Crippen LogP contribution in [-0.4, -0.2) is 0 Å². The van der Waals surface area contributed by atoms with E-state index in [1.54, 1.807) is 12.1 Å². The summed E-state index contributed by atoms with van der Waals surface area (Å²) in [5.74, 6) is 1.31. The second-order valence-corrected chi connectivity index (χ2v) is 4.94. The van der Waals surface area contributed by atoms with Crippen LogP contribution in [0, 0.1) is 0 Å². The molecule has 0 radical (unpaired) electrons. The first-order valence-corrected chi connectivity index (χ1v) is 6.78. The predicted octanol–water partition coefficient (Wildman–Crippen LogP) is 3.94. The van der Waals surface area contributed by atoms with Crippen molar-refractivity contribution in [1.82, 2.24) is 0 Å². The highest BCUT2D eigenvalue weighted by molar-refractivity contribution is 5.76. The minimum absolute atomic E-state index is 0.0530. The summed E-state index contributed by atoms with van der Waals surface area (Å²) in [4.78, 5) is 12.1. The van der Waals surface area contributed by atoms with Crippen LogP contribution in [0.1, 0.15) is 17.4 Å². The molecule has 1 aromatic heterocycles. The smallest absolute Gasteiger partial charge is 0.193 e. The number of hydrogen-bond donors (Lipinski definition) is 0. The van der Waals surface area contributed by atoms with Gasteiger partial charge >= 0.3 is 0 Å². The molecule has 0 spiro atoms. The van der Waals surface area contributed by atoms with Gasteiger partial charge in [-0.15, -0.1) is 0 Å². The lowest BCUT2D eigenvalue weighted by Crippen LogP contribution is -2.12. The highest BCUT2D eigenvalue weighted by Gasteiger charge is 2.19. The molecule has 0 saturated heterocycles. The number of ether oxygens (including phenoxy) is 1. The molecule has 2 heterocycles. The van der Waals surface area contributed by atoms with E-state index in [4.69, 9.17) is 9.15 Å². The van der Waals surface area contributed by atoms with Gasteiger partial charge in [-0.1, -0.05) is 36.4 Å². The highest BCUT2D eigenvalue weighted by atomic mass is 16.5. The van der Waals surface area contributed by atoms with Crippen LogP contribution >= 0.6 is 0 Å². The van der Waals surface area contributed by atoms with E-state index < -0.39 is 0 Å². The van der Waals surface area contributed by atoms with Crippen molar-refractivity contribution < 1.29 is 9.15 Å². The summed E-state index contributed by atoms with van der Waals surface area (Å²) in [5, 5.41) is 0.585. The average molecular weight is 276 g/mol. The van der Waals surface area contributed by atoms with Gasteiger partial charge in [-0.2, -0.15) is 0 Å². The summed E-state index contributed by atoms with van der Waals surface area (Å²) in [7, 11) is 0. The largest absolute Gasteiger partial charge is 0.478 e. The van der Waals surface area contributed by atoms with E-state index in [2.05, 4.69) is 0 Å². The lowest BCUT2D eigenvalue weighted by atomic mass is 10.1. The van der Waals surface area contributed by atoms with Gasteiger partial charge in [-0.25, -0.2) is 0 Å². The Morgan fingerprint density at radius 1 is 0.952 bits per heavy atom. The van der Waals surface area contributed by atoms with Crippen LogP contribution in [0.2, 0.25) is 0 Å². The Balaban J connectivity index is 1.80. The molecule has 1 unspecified atom stereocenters. The van der Waals surface area contributed by atoms with Crippen LogP contribution in [0.3, 0.4) is 0 Å². The normalized spacial score (nSPS) is 16.5. The minimum atomic E-state index is -0.378. The number of rotatable bonds is 1. The molecular weight excluding hydrogens is 264 g/mol. The molecule has 3 aromatic rings. The van der Waals surface area contributed by atoms with Gasteiger partial charge in [0.25, 0.3) is 0 Å². The number of benzene rings is 2. The summed E-state index contributed by atoms with van der Waals surface area (Å²) in [6.45, 7) is 0. The highest BCUT2D eigenvalue weighted by Crippen LogP contribution is 2.32. The monoisotopic (exact) mass is 276 g/mol. The quantitative estimate of drug-likeness (QED) is 0.675. The maximum Gasteiger partial charge on any atom is 0.193 e. The number of para-hydroxylation sites is 2. The minimum Gasteiger partial charge on any atom is -0.478 e. The van der Waals surface area contributed by atoms with E-state index in [9.17, 15) is 4.79 Å². The molecule has 1 atom stereocenters. The summed E-state index contributed by atoms with van der Waals surface area (Å²) >= 11 is 0. The Morgan fingerprint density at radius 3 is 2.71 bits per heavy atom. The predicted molar refractivity (Wildman–Crippen MR) is 81.3 cm³/mol. The molecule has 0 amide bonds. The van der Waals surface area contributed by atoms with Crippen molar-refractivity contribution in [3.63, 3.8) is 0 Å². The third-order valence-corrected chi connectivity index (χ3v) is 3.56. The second kappa shape index (κ2) is 4.63. The van der Waals surface area contributed by atoms with Gasteiger partial charge < -0.3 is 9.15 Å². The van der Waals surface area contributed by atoms with Gasteiger partial charge in [-0.05, 0) is 24.3 Å². The summed E-state index contributed by atoms with van der Waals surface area (Å²) in [5.41, 5.74) is 1.55. The first kappa shape index (κ1) is 12.0. The van der Waals surface area contributed by atoms with Crippen molar-refractivity contribution in [2.75, 3.05) is 0 Å². The first-order valence-electron chi connectivity index (χ1n) is 6.78. The fourth-order valence-corrected chi connectivity index (χ4v) is 2.51. The van der Waals surface area contributed by atoms with Crippen molar-refractivity contribution in [1.29, 1.82) is 0 Å². The molecule has 3 heteroatoms. The van der Waals surface area contributed by atoms with Gasteiger partial charge in [0.2, 0.25) is 0 Å². The van der Waals surface area contributed by atoms with Crippen molar-refractivity contribution in [2.24, 2.45) is 0 Å². The zero-order valence-electron chi connectivity index (χ0n) is 11.2. The van der Waals surface area contributed by atoms with Crippen LogP contribution < -0.4 is 10.2 Å². The molecule has 2 aromatic carbocycles. The van der Waals surface area contributed by atoms with Crippen LogP contribution in [0.25, 0.3) is 17.0 Å². The van der Waals surface area contributed by atoms with E-state index in [0.717, 1.165) is 11.3 Å². The molecule has 21 heavy (non-hydrogen) atoms. The summed E-state index contributed by atoms with van der Waals surface area (Å²) in [6, 6.07) is 16.5. The maximum absolute atomic E-state index is 12.1. The Morgan fingerprint density at radius 2 is 1.76 bits per heavy atom. The molecule has 0 fully saturated rings. The molecule has 0 N–H and O–H groups in total. The molecule has 102 valence electrons. The van der Waals surface area contributed by atoms with Crippen LogP contribution in [-0.2, 0) is 0 Å². The lowest BCUT2D eigenvalue weighted by molar-refractivity contribution is 0.220. The Labute approximate surface area is 121 Å². The standard InChI is InChI=1S/C18H12O3/c19-14-11-18(21-16-8-4-2-6-13(14)16)17-10-9-12-5-1-3-7-15(12)20-17/h1-11,17H. The lowest BCUT2D eigenvalue weighted by Gasteiger charge is -2.20. The van der Waals surface area contributed by atoms with E-state index in [-0.39, 0.29) is 11.5 Å². The summed E-state index contributed by atoms with van der Waals surface area (Å²) < 4.78 is 11.7. The molecule has 0 aliphatic carbocycles. The van der Waals surface area contributed by atoms with E-state index in [1.165, 1.54) is 6.07 Å². The Hall–Kier alpha value is -2.81. The first-order chi connectivity index (χ1) is 10.3. The van der Waals surface area contributed by atoms with E-state index in [1.807, 2.05) is 48.6 Å². The van der Waals surface area contributed by atoms with Gasteiger partial charge in [0.05, 0.1) is 5.39 Å². The Kier molecular flexibility index (Phi) is 2.64. The SMILES string of the molecule is O=c1cc(C2C=Cc3ccccc3O2)oc2ccccc12. The average Bonchev–Trinajstić information content (AvgIpc) is 2.54. The van der Waals surface area contributed by atoms with Crippen molar-refractivity contribution in [2.45, 2.75) is 6.10 Å². The van der Waals surface area contributed by atoms with Gasteiger partial charge in [0.15, 0.2) is 17.3 Å². The molecule has 0 bridgehead atoms. The van der Waals surface area contributed by atoms with Crippen LogP contribution in [0.15, 0.2) is 69.9 Å². The van der Waals surface area contributed by atoms with Gasteiger partial charge in [0.1, 0.15) is 11.3 Å². The third-order valence-electron chi connectivity index (χ3n) is 3.56. The van der Waals surface area contributed by atoms with Crippen LogP contribution in [0.5, 0.6) is 5.75 Å².